The molecule has 0 aromatic carbocycles. The molecule has 2 rings (SSSR count). The maximum atomic E-state index is 12.6. The van der Waals surface area contributed by atoms with Crippen molar-refractivity contribution < 1.29 is 14.6 Å². The summed E-state index contributed by atoms with van der Waals surface area (Å²) in [6.07, 6.45) is 2.73. The van der Waals surface area contributed by atoms with Gasteiger partial charge in [-0.1, -0.05) is 0 Å². The first kappa shape index (κ1) is 17.6. The topological polar surface area (TPSA) is 101 Å². The maximum absolute atomic E-state index is 12.6. The Morgan fingerprint density at radius 2 is 1.92 bits per heavy atom. The van der Waals surface area contributed by atoms with Crippen molar-refractivity contribution in [1.29, 1.82) is 0 Å². The van der Waals surface area contributed by atoms with Gasteiger partial charge in [-0.3, -0.25) is 4.90 Å². The maximum Gasteiger partial charge on any atom is 0.411 e. The number of carbonyl (C=O) groups is 1. The van der Waals surface area contributed by atoms with E-state index in [-0.39, 0.29) is 12.4 Å². The van der Waals surface area contributed by atoms with Crippen LogP contribution in [0.25, 0.3) is 0 Å². The second kappa shape index (κ2) is 7.20. The fourth-order valence-corrected chi connectivity index (χ4v) is 1.96. The number of rotatable bonds is 4. The van der Waals surface area contributed by atoms with Gasteiger partial charge in [-0.15, -0.1) is 5.10 Å². The molecule has 8 heteroatoms. The van der Waals surface area contributed by atoms with Gasteiger partial charge in [0.25, 0.3) is 0 Å². The van der Waals surface area contributed by atoms with Gasteiger partial charge in [-0.2, -0.15) is 5.10 Å². The number of ether oxygens (including phenoxy) is 1. The first-order valence-corrected chi connectivity index (χ1v) is 7.54. The summed E-state index contributed by atoms with van der Waals surface area (Å²) in [5.41, 5.74) is -0.116. The molecule has 128 valence electrons. The van der Waals surface area contributed by atoms with E-state index >= 15 is 0 Å². The standard InChI is InChI=1S/C16H21N5O3/c1-11(14-17-8-5-9-18-14)21(15(23)24-16(2,3)4)10-12-6-7-13(22)20-19-12/h5-9,11H,10H2,1-4H3,(H,20,22)/t11-/m1/s1. The minimum Gasteiger partial charge on any atom is -0.492 e. The van der Waals surface area contributed by atoms with Crippen molar-refractivity contribution in [2.24, 2.45) is 0 Å². The SMILES string of the molecule is C[C@H](c1ncccn1)N(Cc1ccc(O)nn1)C(=O)OC(C)(C)C. The number of aromatic hydroxyl groups is 1. The quantitative estimate of drug-likeness (QED) is 0.918. The fourth-order valence-electron chi connectivity index (χ4n) is 1.96. The van der Waals surface area contributed by atoms with E-state index < -0.39 is 17.7 Å². The van der Waals surface area contributed by atoms with Crippen molar-refractivity contribution in [2.45, 2.75) is 45.9 Å². The molecule has 0 saturated heterocycles. The van der Waals surface area contributed by atoms with E-state index in [1.807, 2.05) is 6.92 Å². The fraction of sp³-hybridized carbons (Fsp3) is 0.438. The average Bonchev–Trinajstić information content (AvgIpc) is 2.53. The molecule has 8 nitrogen and oxygen atoms in total. The van der Waals surface area contributed by atoms with E-state index in [0.717, 1.165) is 0 Å². The molecule has 0 aliphatic carbocycles. The third-order valence-corrected chi connectivity index (χ3v) is 3.09. The lowest BCUT2D eigenvalue weighted by atomic mass is 10.2. The van der Waals surface area contributed by atoms with Gasteiger partial charge in [-0.25, -0.2) is 14.8 Å². The molecule has 1 N–H and O–H groups in total. The van der Waals surface area contributed by atoms with Crippen LogP contribution in [-0.4, -0.2) is 41.9 Å². The molecule has 1 atom stereocenters. The first-order chi connectivity index (χ1) is 11.3. The molecule has 0 bridgehead atoms. The first-order valence-electron chi connectivity index (χ1n) is 7.54. The zero-order valence-corrected chi connectivity index (χ0v) is 14.2. The summed E-state index contributed by atoms with van der Waals surface area (Å²) in [7, 11) is 0. The molecule has 0 unspecified atom stereocenters. The van der Waals surface area contributed by atoms with Gasteiger partial charge in [0.05, 0.1) is 18.3 Å². The average molecular weight is 331 g/mol. The van der Waals surface area contributed by atoms with Crippen LogP contribution in [-0.2, 0) is 11.3 Å². The lowest BCUT2D eigenvalue weighted by Crippen LogP contribution is -2.38. The second-order valence-electron chi connectivity index (χ2n) is 6.27. The van der Waals surface area contributed by atoms with Crippen LogP contribution in [0.15, 0.2) is 30.6 Å². The van der Waals surface area contributed by atoms with Crippen LogP contribution in [0.2, 0.25) is 0 Å². The molecule has 0 saturated carbocycles. The smallest absolute Gasteiger partial charge is 0.411 e. The Kier molecular flexibility index (Phi) is 5.28. The van der Waals surface area contributed by atoms with Crippen LogP contribution >= 0.6 is 0 Å². The zero-order chi connectivity index (χ0) is 17.7. The molecule has 2 heterocycles. The van der Waals surface area contributed by atoms with Crippen LogP contribution in [0, 0.1) is 0 Å². The third kappa shape index (κ3) is 4.87. The zero-order valence-electron chi connectivity index (χ0n) is 14.2. The summed E-state index contributed by atoms with van der Waals surface area (Å²) < 4.78 is 5.47. The molecule has 0 fully saturated rings. The Balaban J connectivity index is 2.26. The molecule has 0 aliphatic rings. The molecule has 24 heavy (non-hydrogen) atoms. The minimum atomic E-state index is -0.632. The molecule has 2 aromatic rings. The predicted octanol–water partition coefficient (Wildman–Crippen LogP) is 2.47. The van der Waals surface area contributed by atoms with Crippen molar-refractivity contribution in [3.8, 4) is 5.88 Å². The van der Waals surface area contributed by atoms with Crippen LogP contribution in [0.5, 0.6) is 5.88 Å². The highest BCUT2D eigenvalue weighted by Gasteiger charge is 2.28. The molecule has 0 radical (unpaired) electrons. The van der Waals surface area contributed by atoms with Crippen LogP contribution in [0.1, 0.15) is 45.3 Å². The molecule has 0 aliphatic heterocycles. The lowest BCUT2D eigenvalue weighted by Gasteiger charge is -2.30. The van der Waals surface area contributed by atoms with E-state index in [1.54, 1.807) is 45.3 Å². The highest BCUT2D eigenvalue weighted by Crippen LogP contribution is 2.22. The van der Waals surface area contributed by atoms with Gasteiger partial charge in [0.1, 0.15) is 5.60 Å². The Hall–Kier alpha value is -2.77. The predicted molar refractivity (Wildman–Crippen MR) is 85.9 cm³/mol. The number of nitrogens with zero attached hydrogens (tertiary/aromatic N) is 5. The summed E-state index contributed by atoms with van der Waals surface area (Å²) in [4.78, 5) is 22.5. The lowest BCUT2D eigenvalue weighted by molar-refractivity contribution is 0.0141. The van der Waals surface area contributed by atoms with E-state index in [1.165, 1.54) is 11.0 Å². The minimum absolute atomic E-state index is 0.154. The molecule has 0 spiro atoms. The summed E-state index contributed by atoms with van der Waals surface area (Å²) in [5.74, 6) is 0.317. The number of carbonyl (C=O) groups excluding carboxylic acids is 1. The summed E-state index contributed by atoms with van der Waals surface area (Å²) in [5, 5.41) is 16.7. The summed E-state index contributed by atoms with van der Waals surface area (Å²) >= 11 is 0. The largest absolute Gasteiger partial charge is 0.492 e. The van der Waals surface area contributed by atoms with Crippen molar-refractivity contribution in [3.05, 3.63) is 42.1 Å². The van der Waals surface area contributed by atoms with Gasteiger partial charge in [0.15, 0.2) is 5.82 Å². The molecule has 1 amide bonds. The van der Waals surface area contributed by atoms with Crippen molar-refractivity contribution in [1.82, 2.24) is 25.1 Å². The van der Waals surface area contributed by atoms with E-state index in [2.05, 4.69) is 20.2 Å². The van der Waals surface area contributed by atoms with Crippen LogP contribution in [0.3, 0.4) is 0 Å². The molecular formula is C16H21N5O3. The van der Waals surface area contributed by atoms with E-state index in [4.69, 9.17) is 4.74 Å². The van der Waals surface area contributed by atoms with Gasteiger partial charge in [-0.05, 0) is 39.8 Å². The highest BCUT2D eigenvalue weighted by atomic mass is 16.6. The van der Waals surface area contributed by atoms with E-state index in [9.17, 15) is 9.90 Å². The van der Waals surface area contributed by atoms with Crippen LogP contribution < -0.4 is 0 Å². The van der Waals surface area contributed by atoms with Crippen molar-refractivity contribution in [2.75, 3.05) is 0 Å². The molecule has 2 aromatic heterocycles. The van der Waals surface area contributed by atoms with Gasteiger partial charge >= 0.3 is 6.09 Å². The Labute approximate surface area is 140 Å². The monoisotopic (exact) mass is 331 g/mol. The Bertz CT molecular complexity index is 670. The number of hydrogen-bond donors (Lipinski definition) is 1. The van der Waals surface area contributed by atoms with Crippen LogP contribution in [0.4, 0.5) is 4.79 Å². The summed E-state index contributed by atoms with van der Waals surface area (Å²) in [6.45, 7) is 7.36. The normalized spacial score (nSPS) is 12.5. The van der Waals surface area contributed by atoms with Gasteiger partial charge in [0.2, 0.25) is 5.88 Å². The van der Waals surface area contributed by atoms with Gasteiger partial charge in [0, 0.05) is 18.5 Å². The second-order valence-corrected chi connectivity index (χ2v) is 6.27. The molecular weight excluding hydrogens is 310 g/mol. The van der Waals surface area contributed by atoms with Crippen molar-refractivity contribution >= 4 is 6.09 Å². The highest BCUT2D eigenvalue weighted by molar-refractivity contribution is 5.68. The summed E-state index contributed by atoms with van der Waals surface area (Å²) in [6, 6.07) is 4.30. The number of aromatic nitrogens is 4. The van der Waals surface area contributed by atoms with Crippen molar-refractivity contribution in [3.63, 3.8) is 0 Å². The van der Waals surface area contributed by atoms with E-state index in [0.29, 0.717) is 11.5 Å². The Morgan fingerprint density at radius 3 is 2.46 bits per heavy atom. The Morgan fingerprint density at radius 1 is 1.25 bits per heavy atom. The number of amides is 1. The third-order valence-electron chi connectivity index (χ3n) is 3.09. The van der Waals surface area contributed by atoms with Gasteiger partial charge < -0.3 is 9.84 Å². The number of hydrogen-bond acceptors (Lipinski definition) is 7.